The molecule has 31 heavy (non-hydrogen) atoms. The fourth-order valence-electron chi connectivity index (χ4n) is 3.61. The molecule has 9 nitrogen and oxygen atoms in total. The number of hydrogen-bond donors (Lipinski definition) is 1. The number of nitrogens with zero attached hydrogens (tertiary/aromatic N) is 4. The molecule has 0 atom stereocenters. The maximum Gasteiger partial charge on any atom is 0.338 e. The first-order valence-corrected chi connectivity index (χ1v) is 9.53. The molecule has 152 valence electrons. The highest BCUT2D eigenvalue weighted by molar-refractivity contribution is 6.38. The van der Waals surface area contributed by atoms with Gasteiger partial charge in [0.1, 0.15) is 0 Å². The molecular weight excluding hydrogens is 398 g/mol. The summed E-state index contributed by atoms with van der Waals surface area (Å²) in [6.07, 6.45) is 4.64. The number of carbonyl (C=O) groups excluding carboxylic acids is 3. The zero-order valence-electron chi connectivity index (χ0n) is 16.3. The number of hydrogen-bond acceptors (Lipinski definition) is 7. The lowest BCUT2D eigenvalue weighted by molar-refractivity contribution is 0.0526. The predicted molar refractivity (Wildman–Crippen MR) is 111 cm³/mol. The van der Waals surface area contributed by atoms with Gasteiger partial charge in [-0.05, 0) is 43.3 Å². The minimum Gasteiger partial charge on any atom is -0.462 e. The topological polar surface area (TPSA) is 118 Å². The van der Waals surface area contributed by atoms with Crippen LogP contribution in [0.1, 0.15) is 38.0 Å². The second-order valence-electron chi connectivity index (χ2n) is 6.80. The fraction of sp³-hybridized carbons (Fsp3) is 0.0909. The normalized spacial score (nSPS) is 13.0. The van der Waals surface area contributed by atoms with Crippen LogP contribution in [-0.4, -0.2) is 44.6 Å². The molecule has 9 heteroatoms. The summed E-state index contributed by atoms with van der Waals surface area (Å²) in [7, 11) is 0. The lowest BCUT2D eigenvalue weighted by Crippen LogP contribution is -2.29. The van der Waals surface area contributed by atoms with Crippen LogP contribution in [-0.2, 0) is 4.74 Å². The van der Waals surface area contributed by atoms with Crippen molar-refractivity contribution in [2.75, 3.05) is 11.5 Å². The lowest BCUT2D eigenvalue weighted by Gasteiger charge is -2.14. The van der Waals surface area contributed by atoms with Crippen LogP contribution < -0.4 is 4.90 Å². The quantitative estimate of drug-likeness (QED) is 0.404. The Labute approximate surface area is 175 Å². The number of H-pyrrole nitrogens is 1. The molecule has 1 N–H and O–H groups in total. The molecule has 0 bridgehead atoms. The Morgan fingerprint density at radius 1 is 1.10 bits per heavy atom. The highest BCUT2D eigenvalue weighted by atomic mass is 16.5. The molecule has 0 spiro atoms. The Hall–Kier alpha value is -4.40. The van der Waals surface area contributed by atoms with Crippen molar-refractivity contribution in [3.63, 3.8) is 0 Å². The zero-order valence-corrected chi connectivity index (χ0v) is 16.3. The number of aromatic amines is 1. The fourth-order valence-corrected chi connectivity index (χ4v) is 3.61. The number of esters is 1. The number of aromatic nitrogens is 4. The van der Waals surface area contributed by atoms with E-state index in [1.807, 2.05) is 6.07 Å². The SMILES string of the molecule is CCOC(=O)c1ccc(N2C(=O)c3cnc4n[nH]c(-c5cccnc5)c4c3C2=O)cc1. The molecule has 5 rings (SSSR count). The predicted octanol–water partition coefficient (Wildman–Crippen LogP) is 3.00. The van der Waals surface area contributed by atoms with E-state index in [1.165, 1.54) is 30.5 Å². The monoisotopic (exact) mass is 413 g/mol. The summed E-state index contributed by atoms with van der Waals surface area (Å²) < 4.78 is 4.97. The molecule has 0 saturated heterocycles. The van der Waals surface area contributed by atoms with E-state index < -0.39 is 17.8 Å². The molecule has 0 saturated carbocycles. The third-order valence-corrected chi connectivity index (χ3v) is 5.02. The number of benzene rings is 1. The number of amides is 2. The van der Waals surface area contributed by atoms with Crippen LogP contribution in [0.15, 0.2) is 55.0 Å². The Morgan fingerprint density at radius 3 is 2.61 bits per heavy atom. The van der Waals surface area contributed by atoms with E-state index in [1.54, 1.807) is 25.4 Å². The maximum atomic E-state index is 13.4. The van der Waals surface area contributed by atoms with Crippen molar-refractivity contribution in [2.45, 2.75) is 6.92 Å². The summed E-state index contributed by atoms with van der Waals surface area (Å²) in [5, 5.41) is 7.54. The summed E-state index contributed by atoms with van der Waals surface area (Å²) >= 11 is 0. The molecule has 4 aromatic rings. The average molecular weight is 413 g/mol. The van der Waals surface area contributed by atoms with Gasteiger partial charge in [0.25, 0.3) is 11.8 Å². The van der Waals surface area contributed by atoms with Crippen LogP contribution in [0.3, 0.4) is 0 Å². The van der Waals surface area contributed by atoms with E-state index in [4.69, 9.17) is 4.74 Å². The van der Waals surface area contributed by atoms with E-state index in [9.17, 15) is 14.4 Å². The number of carbonyl (C=O) groups is 3. The highest BCUT2D eigenvalue weighted by Crippen LogP contribution is 2.36. The van der Waals surface area contributed by atoms with Crippen molar-refractivity contribution in [3.8, 4) is 11.3 Å². The van der Waals surface area contributed by atoms with Gasteiger partial charge < -0.3 is 4.74 Å². The van der Waals surface area contributed by atoms with Crippen LogP contribution in [0.5, 0.6) is 0 Å². The van der Waals surface area contributed by atoms with E-state index in [2.05, 4.69) is 20.2 Å². The standard InChI is InChI=1S/C22H15N5O4/c1-2-31-22(30)12-5-7-14(8-6-12)27-20(28)15-11-24-19-17(16(15)21(27)29)18(25-26-19)13-4-3-9-23-10-13/h3-11H,2H2,1H3,(H,24,25,26). The molecule has 0 fully saturated rings. The average Bonchev–Trinajstić information content (AvgIpc) is 3.33. The summed E-state index contributed by atoms with van der Waals surface area (Å²) in [5.74, 6) is -1.44. The summed E-state index contributed by atoms with van der Waals surface area (Å²) in [5.41, 5.74) is 2.72. The van der Waals surface area contributed by atoms with Gasteiger partial charge in [-0.3, -0.25) is 19.7 Å². The van der Waals surface area contributed by atoms with Crippen LogP contribution in [0.4, 0.5) is 5.69 Å². The smallest absolute Gasteiger partial charge is 0.338 e. The van der Waals surface area contributed by atoms with Crippen LogP contribution >= 0.6 is 0 Å². The summed E-state index contributed by atoms with van der Waals surface area (Å²) in [4.78, 5) is 47.7. The zero-order chi connectivity index (χ0) is 21.5. The van der Waals surface area contributed by atoms with Gasteiger partial charge in [-0.2, -0.15) is 5.10 Å². The number of anilines is 1. The van der Waals surface area contributed by atoms with E-state index in [0.717, 1.165) is 10.5 Å². The molecule has 0 radical (unpaired) electrons. The van der Waals surface area contributed by atoms with Gasteiger partial charge in [0, 0.05) is 24.2 Å². The maximum absolute atomic E-state index is 13.4. The number of ether oxygens (including phenoxy) is 1. The van der Waals surface area contributed by atoms with Gasteiger partial charge in [0.2, 0.25) is 0 Å². The van der Waals surface area contributed by atoms with Gasteiger partial charge in [0.05, 0.1) is 40.1 Å². The number of pyridine rings is 2. The van der Waals surface area contributed by atoms with Crippen molar-refractivity contribution in [2.24, 2.45) is 0 Å². The first-order valence-electron chi connectivity index (χ1n) is 9.53. The van der Waals surface area contributed by atoms with Gasteiger partial charge in [0.15, 0.2) is 5.65 Å². The minimum absolute atomic E-state index is 0.193. The van der Waals surface area contributed by atoms with E-state index >= 15 is 0 Å². The second-order valence-corrected chi connectivity index (χ2v) is 6.80. The molecule has 4 heterocycles. The summed E-state index contributed by atoms with van der Waals surface area (Å²) in [6.45, 7) is 1.97. The van der Waals surface area contributed by atoms with Crippen LogP contribution in [0.25, 0.3) is 22.3 Å². The third kappa shape index (κ3) is 2.86. The number of imide groups is 1. The number of nitrogens with one attached hydrogen (secondary N) is 1. The Morgan fingerprint density at radius 2 is 1.90 bits per heavy atom. The minimum atomic E-state index is -0.489. The van der Waals surface area contributed by atoms with Gasteiger partial charge in [-0.15, -0.1) is 0 Å². The van der Waals surface area contributed by atoms with E-state index in [0.29, 0.717) is 28.0 Å². The Balaban J connectivity index is 1.60. The van der Waals surface area contributed by atoms with Crippen molar-refractivity contribution in [1.82, 2.24) is 20.2 Å². The van der Waals surface area contributed by atoms with E-state index in [-0.39, 0.29) is 17.7 Å². The molecule has 0 aliphatic carbocycles. The molecule has 0 unspecified atom stereocenters. The molecule has 1 aliphatic rings. The van der Waals surface area contributed by atoms with Crippen LogP contribution in [0, 0.1) is 0 Å². The van der Waals surface area contributed by atoms with Crippen LogP contribution in [0.2, 0.25) is 0 Å². The Kier molecular flexibility index (Phi) is 4.28. The van der Waals surface area contributed by atoms with Gasteiger partial charge in [-0.1, -0.05) is 0 Å². The number of rotatable bonds is 4. The van der Waals surface area contributed by atoms with Crippen molar-refractivity contribution in [1.29, 1.82) is 0 Å². The van der Waals surface area contributed by atoms with Gasteiger partial charge >= 0.3 is 5.97 Å². The molecule has 3 aromatic heterocycles. The van der Waals surface area contributed by atoms with Crippen molar-refractivity contribution in [3.05, 3.63) is 71.7 Å². The number of fused-ring (bicyclic) bond motifs is 3. The molecule has 2 amide bonds. The lowest BCUT2D eigenvalue weighted by atomic mass is 10.0. The molecule has 1 aromatic carbocycles. The first-order chi connectivity index (χ1) is 15.1. The van der Waals surface area contributed by atoms with Gasteiger partial charge in [-0.25, -0.2) is 14.7 Å². The molecule has 1 aliphatic heterocycles. The summed E-state index contributed by atoms with van der Waals surface area (Å²) in [6, 6.07) is 9.70. The second kappa shape index (κ2) is 7.13. The van der Waals surface area contributed by atoms with Crippen molar-refractivity contribution < 1.29 is 19.1 Å². The first kappa shape index (κ1) is 18.6. The highest BCUT2D eigenvalue weighted by Gasteiger charge is 2.40. The third-order valence-electron chi connectivity index (χ3n) is 5.02. The molecular formula is C22H15N5O4. The Bertz CT molecular complexity index is 1350. The largest absolute Gasteiger partial charge is 0.462 e. The van der Waals surface area contributed by atoms with Crippen molar-refractivity contribution >= 4 is 34.5 Å².